The van der Waals surface area contributed by atoms with Crippen LogP contribution >= 0.6 is 0 Å². The van der Waals surface area contributed by atoms with E-state index in [9.17, 15) is 85.3 Å². The molecule has 3 heterocycles. The van der Waals surface area contributed by atoms with Gasteiger partial charge in [0.25, 0.3) is 17.4 Å². The van der Waals surface area contributed by atoms with Crippen LogP contribution in [-0.4, -0.2) is 220 Å². The van der Waals surface area contributed by atoms with E-state index < -0.39 is 165 Å². The van der Waals surface area contributed by atoms with E-state index in [1.165, 1.54) is 39.0 Å². The number of carboxylic acid groups (broad SMARTS) is 3. The molecule has 2 amide bonds. The van der Waals surface area contributed by atoms with Gasteiger partial charge in [-0.2, -0.15) is 0 Å². The largest absolute Gasteiger partial charge is 0.477 e. The summed E-state index contributed by atoms with van der Waals surface area (Å²) in [5.74, 6) is -16.9. The number of carbonyl (C=O) groups excluding carboxylic acids is 2. The summed E-state index contributed by atoms with van der Waals surface area (Å²) < 4.78 is 28.0. The van der Waals surface area contributed by atoms with Gasteiger partial charge in [-0.1, -0.05) is 71.6 Å². The number of nitrogens with two attached hydrogens (primary N) is 1. The number of ether oxygens (including phenoxy) is 5. The molecule has 0 aromatic carbocycles. The first-order valence-electron chi connectivity index (χ1n) is 23.6. The highest BCUT2D eigenvalue weighted by Gasteiger charge is 2.61. The lowest BCUT2D eigenvalue weighted by atomic mass is 9.87. The van der Waals surface area contributed by atoms with Crippen molar-refractivity contribution < 1.29 is 109 Å². The van der Waals surface area contributed by atoms with Crippen molar-refractivity contribution in [2.75, 3.05) is 26.3 Å². The molecule has 0 aromatic heterocycles. The van der Waals surface area contributed by atoms with Crippen LogP contribution in [0, 0.1) is 0 Å². The van der Waals surface area contributed by atoms with Crippen LogP contribution in [0.1, 0.15) is 111 Å². The quantitative estimate of drug-likeness (QED) is 0.0304. The van der Waals surface area contributed by atoms with E-state index >= 15 is 0 Å². The molecule has 69 heavy (non-hydrogen) atoms. The topological polar surface area (TPSA) is 436 Å². The second kappa shape index (κ2) is 27.5. The fourth-order valence-electron chi connectivity index (χ4n) is 8.80. The van der Waals surface area contributed by atoms with Crippen LogP contribution in [0.4, 0.5) is 0 Å². The van der Waals surface area contributed by atoms with Crippen LogP contribution in [0.2, 0.25) is 0 Å². The molecule has 400 valence electrons. The van der Waals surface area contributed by atoms with Crippen molar-refractivity contribution in [3.63, 3.8) is 0 Å². The molecule has 26 nitrogen and oxygen atoms in total. The highest BCUT2D eigenvalue weighted by molar-refractivity contribution is 5.78. The van der Waals surface area contributed by atoms with Gasteiger partial charge in [0.2, 0.25) is 11.8 Å². The predicted molar refractivity (Wildman–Crippen MR) is 234 cm³/mol. The minimum atomic E-state index is -3.22. The molecule has 3 aliphatic heterocycles. The number of aliphatic hydroxyl groups excluding tert-OH is 8. The standard InChI is InChI=1S/C43H76N4O22/c1-4-6-7-8-9-10-11-12-13-14-15-45-19-26(54)35-31(47-29(55)5-2)25(53)18-43(68-35,40(62)63)65-27(20-48)33(56)36-30(44)23(51)17-42(69-36,39(60)61)66-28(21-49)34(57)37-32(46-22(3)50)24(52)16-41(64,67-37)38(58)59/h23-28,30-37,45,48-49,51-54,56-57,64H,4-21,44H2,1-3H3,(H,46,50)(H,47,55)(H,58,59)(H,60,61)(H,62,63). The number of aliphatic hydroxyl groups is 9. The molecular weight excluding hydrogens is 924 g/mol. The van der Waals surface area contributed by atoms with Gasteiger partial charge in [0.1, 0.15) is 42.7 Å². The van der Waals surface area contributed by atoms with Gasteiger partial charge >= 0.3 is 17.9 Å². The molecular formula is C43H76N4O22. The Bertz CT molecular complexity index is 1650. The summed E-state index contributed by atoms with van der Waals surface area (Å²) >= 11 is 0. The lowest BCUT2D eigenvalue weighted by molar-refractivity contribution is -0.354. The SMILES string of the molecule is CCCCCCCCCCCCNCC(O)C1OC(OC(CO)C(O)C2OC(OC(CO)C(O)C3OC(O)(C(=O)O)CC(O)C3NC(C)=O)(C(=O)O)CC(O)C2N)(C(=O)O)CC(O)C1NC(=O)CC. The van der Waals surface area contributed by atoms with Crippen molar-refractivity contribution >= 4 is 29.7 Å². The summed E-state index contributed by atoms with van der Waals surface area (Å²) in [6.07, 6.45) is -15.0. The second-order valence-electron chi connectivity index (χ2n) is 18.1. The van der Waals surface area contributed by atoms with Gasteiger partial charge in [0.15, 0.2) is 0 Å². The molecule has 0 aliphatic carbocycles. The molecule has 3 saturated heterocycles. The summed E-state index contributed by atoms with van der Waals surface area (Å²) in [7, 11) is 0. The minimum Gasteiger partial charge on any atom is -0.477 e. The van der Waals surface area contributed by atoms with Crippen LogP contribution in [0.25, 0.3) is 0 Å². The lowest BCUT2D eigenvalue weighted by Gasteiger charge is -2.50. The first kappa shape index (κ1) is 60.0. The van der Waals surface area contributed by atoms with Crippen molar-refractivity contribution in [2.24, 2.45) is 5.73 Å². The van der Waals surface area contributed by atoms with E-state index in [4.69, 9.17) is 29.4 Å². The molecule has 0 aromatic rings. The number of aliphatic carboxylic acids is 3. The Morgan fingerprint density at radius 2 is 1.12 bits per heavy atom. The summed E-state index contributed by atoms with van der Waals surface area (Å²) in [4.78, 5) is 62.5. The van der Waals surface area contributed by atoms with Crippen LogP contribution in [-0.2, 0) is 47.7 Å². The molecule has 17 N–H and O–H groups in total. The maximum Gasteiger partial charge on any atom is 0.364 e. The van der Waals surface area contributed by atoms with Crippen LogP contribution < -0.4 is 21.7 Å². The number of amides is 2. The maximum absolute atomic E-state index is 13.1. The first-order chi connectivity index (χ1) is 32.5. The van der Waals surface area contributed by atoms with Crippen molar-refractivity contribution in [3.8, 4) is 0 Å². The molecule has 17 atom stereocenters. The Balaban J connectivity index is 1.86. The number of carboxylic acids is 3. The van der Waals surface area contributed by atoms with E-state index in [1.807, 2.05) is 0 Å². The fourth-order valence-corrected chi connectivity index (χ4v) is 8.80. The molecule has 0 bridgehead atoms. The molecule has 26 heteroatoms. The van der Waals surface area contributed by atoms with Gasteiger partial charge in [0.05, 0.1) is 55.8 Å². The van der Waals surface area contributed by atoms with Crippen molar-refractivity contribution in [1.29, 1.82) is 0 Å². The molecule has 3 fully saturated rings. The van der Waals surface area contributed by atoms with Crippen molar-refractivity contribution in [1.82, 2.24) is 16.0 Å². The minimum absolute atomic E-state index is 0.0708. The highest BCUT2D eigenvalue weighted by Crippen LogP contribution is 2.39. The van der Waals surface area contributed by atoms with Gasteiger partial charge < -0.3 is 107 Å². The second-order valence-corrected chi connectivity index (χ2v) is 18.1. The molecule has 0 saturated carbocycles. The lowest BCUT2D eigenvalue weighted by Crippen LogP contribution is -2.70. The third-order valence-electron chi connectivity index (χ3n) is 12.7. The number of hydrogen-bond acceptors (Lipinski definition) is 21. The summed E-state index contributed by atoms with van der Waals surface area (Å²) in [5.41, 5.74) is 6.16. The van der Waals surface area contributed by atoms with Crippen LogP contribution in [0.5, 0.6) is 0 Å². The number of nitrogens with one attached hydrogen (secondary N) is 3. The Kier molecular flexibility index (Phi) is 23.9. The monoisotopic (exact) mass is 1000 g/mol. The van der Waals surface area contributed by atoms with E-state index in [1.54, 1.807) is 0 Å². The van der Waals surface area contributed by atoms with Crippen LogP contribution in [0.15, 0.2) is 0 Å². The van der Waals surface area contributed by atoms with Crippen molar-refractivity contribution in [2.45, 2.75) is 213 Å². The molecule has 3 aliphatic rings. The molecule has 0 radical (unpaired) electrons. The average Bonchev–Trinajstić information content (AvgIpc) is 3.29. The first-order valence-corrected chi connectivity index (χ1v) is 23.6. The van der Waals surface area contributed by atoms with E-state index in [2.05, 4.69) is 22.9 Å². The summed E-state index contributed by atoms with van der Waals surface area (Å²) in [6.45, 7) is 2.23. The Labute approximate surface area is 399 Å². The molecule has 0 spiro atoms. The predicted octanol–water partition coefficient (Wildman–Crippen LogP) is -4.15. The van der Waals surface area contributed by atoms with Gasteiger partial charge in [-0.05, 0) is 13.0 Å². The van der Waals surface area contributed by atoms with Gasteiger partial charge in [-0.25, -0.2) is 14.4 Å². The smallest absolute Gasteiger partial charge is 0.364 e. The zero-order valence-corrected chi connectivity index (χ0v) is 39.3. The maximum atomic E-state index is 13.1. The number of hydrogen-bond donors (Lipinski definition) is 16. The van der Waals surface area contributed by atoms with E-state index in [0.29, 0.717) is 6.54 Å². The Morgan fingerprint density at radius 3 is 1.59 bits per heavy atom. The highest BCUT2D eigenvalue weighted by atomic mass is 16.8. The van der Waals surface area contributed by atoms with Gasteiger partial charge in [-0.3, -0.25) is 9.59 Å². The van der Waals surface area contributed by atoms with Crippen molar-refractivity contribution in [3.05, 3.63) is 0 Å². The van der Waals surface area contributed by atoms with Gasteiger partial charge in [-0.15, -0.1) is 0 Å². The normalized spacial score (nSPS) is 33.9. The van der Waals surface area contributed by atoms with E-state index in [-0.39, 0.29) is 13.0 Å². The number of rotatable bonds is 30. The van der Waals surface area contributed by atoms with Gasteiger partial charge in [0, 0.05) is 39.2 Å². The summed E-state index contributed by atoms with van der Waals surface area (Å²) in [5, 5.41) is 138. The Hall–Kier alpha value is -3.29. The Morgan fingerprint density at radius 1 is 0.652 bits per heavy atom. The number of carbonyl (C=O) groups is 5. The zero-order chi connectivity index (χ0) is 51.9. The third kappa shape index (κ3) is 15.8. The molecule has 17 unspecified atom stereocenters. The zero-order valence-electron chi connectivity index (χ0n) is 39.3. The fraction of sp³-hybridized carbons (Fsp3) is 0.884. The summed E-state index contributed by atoms with van der Waals surface area (Å²) in [6, 6.07) is -4.89. The molecule has 3 rings (SSSR count). The van der Waals surface area contributed by atoms with Crippen LogP contribution in [0.3, 0.4) is 0 Å². The van der Waals surface area contributed by atoms with E-state index in [0.717, 1.165) is 39.0 Å². The third-order valence-corrected chi connectivity index (χ3v) is 12.7. The average molecular weight is 1000 g/mol. The number of unbranched alkanes of at least 4 members (excludes halogenated alkanes) is 9.